The van der Waals surface area contributed by atoms with Gasteiger partial charge in [-0.25, -0.2) is 8.42 Å². The normalized spacial score (nSPS) is 11.4. The molecule has 0 fully saturated rings. The zero-order chi connectivity index (χ0) is 19.3. The molecule has 0 atom stereocenters. The van der Waals surface area contributed by atoms with Crippen LogP contribution in [0.1, 0.15) is 29.8 Å². The van der Waals surface area contributed by atoms with Crippen LogP contribution in [-0.2, 0) is 9.84 Å². The minimum absolute atomic E-state index is 0.175. The van der Waals surface area contributed by atoms with Gasteiger partial charge in [0, 0.05) is 12.6 Å². The first-order chi connectivity index (χ1) is 12.2. The fourth-order valence-corrected chi connectivity index (χ4v) is 3.38. The van der Waals surface area contributed by atoms with Crippen molar-refractivity contribution in [2.45, 2.75) is 30.9 Å². The molecule has 2 aromatic carbocycles. The van der Waals surface area contributed by atoms with E-state index in [9.17, 15) is 13.2 Å². The zero-order valence-electron chi connectivity index (χ0n) is 15.6. The van der Waals surface area contributed by atoms with E-state index in [4.69, 9.17) is 4.74 Å². The van der Waals surface area contributed by atoms with Crippen LogP contribution < -0.4 is 4.74 Å². The second kappa shape index (κ2) is 8.36. The molecule has 0 spiro atoms. The van der Waals surface area contributed by atoms with E-state index in [1.54, 1.807) is 37.9 Å². The first-order valence-electron chi connectivity index (χ1n) is 8.50. The molecule has 1 amide bonds. The maximum Gasteiger partial charge on any atom is 0.253 e. The first-order valence-corrected chi connectivity index (χ1v) is 10.1. The maximum absolute atomic E-state index is 12.4. The van der Waals surface area contributed by atoms with E-state index >= 15 is 0 Å². The number of likely N-dealkylation sites (N-methyl/N-ethyl adjacent to an activating group) is 1. The molecule has 0 saturated heterocycles. The lowest BCUT2D eigenvalue weighted by Gasteiger charge is -2.18. The number of carbonyl (C=O) groups excluding carboxylic acids is 1. The van der Waals surface area contributed by atoms with Crippen molar-refractivity contribution in [1.29, 1.82) is 0 Å². The molecule has 0 radical (unpaired) electrons. The van der Waals surface area contributed by atoms with Gasteiger partial charge in [0.05, 0.1) is 16.7 Å². The number of aryl methyl sites for hydroxylation is 1. The molecule has 2 rings (SSSR count). The molecule has 0 aliphatic carbocycles. The summed E-state index contributed by atoms with van der Waals surface area (Å²) in [6, 6.07) is 13.8. The quantitative estimate of drug-likeness (QED) is 0.745. The van der Waals surface area contributed by atoms with Gasteiger partial charge in [0.15, 0.2) is 9.84 Å². The highest BCUT2D eigenvalue weighted by molar-refractivity contribution is 7.92. The molecule has 5 nitrogen and oxygen atoms in total. The smallest absolute Gasteiger partial charge is 0.253 e. The summed E-state index contributed by atoms with van der Waals surface area (Å²) in [6.07, 6.45) is 0. The summed E-state index contributed by atoms with van der Waals surface area (Å²) < 4.78 is 29.9. The Balaban J connectivity index is 1.94. The van der Waals surface area contributed by atoms with Crippen LogP contribution in [0, 0.1) is 6.92 Å². The summed E-state index contributed by atoms with van der Waals surface area (Å²) in [5.74, 6) is 0.589. The molecule has 0 saturated carbocycles. The topological polar surface area (TPSA) is 63.7 Å². The Morgan fingerprint density at radius 2 is 1.62 bits per heavy atom. The third kappa shape index (κ3) is 4.85. The zero-order valence-corrected chi connectivity index (χ0v) is 16.4. The summed E-state index contributed by atoms with van der Waals surface area (Å²) in [5, 5.41) is -0.495. The summed E-state index contributed by atoms with van der Waals surface area (Å²) in [4.78, 5) is 14.2. The predicted octanol–water partition coefficient (Wildman–Crippen LogP) is 3.33. The largest absolute Gasteiger partial charge is 0.492 e. The first kappa shape index (κ1) is 20.0. The van der Waals surface area contributed by atoms with E-state index in [-0.39, 0.29) is 10.8 Å². The monoisotopic (exact) mass is 375 g/mol. The minimum atomic E-state index is -3.33. The number of hydrogen-bond donors (Lipinski definition) is 0. The second-order valence-corrected chi connectivity index (χ2v) is 9.01. The van der Waals surface area contributed by atoms with Crippen molar-refractivity contribution < 1.29 is 17.9 Å². The molecule has 2 aromatic rings. The standard InChI is InChI=1S/C20H25NO4S/c1-15(2)26(23,24)19-11-7-17(8-12-19)20(22)21(4)13-14-25-18-9-5-16(3)6-10-18/h5-12,15H,13-14H2,1-4H3. The molecule has 0 N–H and O–H groups in total. The number of hydrogen-bond acceptors (Lipinski definition) is 4. The van der Waals surface area contributed by atoms with Crippen molar-refractivity contribution in [3.8, 4) is 5.75 Å². The van der Waals surface area contributed by atoms with Gasteiger partial charge in [0.1, 0.15) is 12.4 Å². The molecule has 0 aliphatic heterocycles. The van der Waals surface area contributed by atoms with Crippen molar-refractivity contribution in [2.24, 2.45) is 0 Å². The highest BCUT2D eigenvalue weighted by Gasteiger charge is 2.20. The molecular weight excluding hydrogens is 350 g/mol. The van der Waals surface area contributed by atoms with Crippen LogP contribution in [0.25, 0.3) is 0 Å². The molecule has 0 bridgehead atoms. The van der Waals surface area contributed by atoms with Gasteiger partial charge in [-0.05, 0) is 57.2 Å². The van der Waals surface area contributed by atoms with Crippen LogP contribution in [0.5, 0.6) is 5.75 Å². The number of sulfone groups is 1. The number of rotatable bonds is 7. The van der Waals surface area contributed by atoms with E-state index in [0.29, 0.717) is 18.7 Å². The van der Waals surface area contributed by atoms with Gasteiger partial charge in [-0.2, -0.15) is 0 Å². The summed E-state index contributed by atoms with van der Waals surface area (Å²) in [5.41, 5.74) is 1.61. The SMILES string of the molecule is Cc1ccc(OCCN(C)C(=O)c2ccc(S(=O)(=O)C(C)C)cc2)cc1. The van der Waals surface area contributed by atoms with Crippen LogP contribution in [0.4, 0.5) is 0 Å². The van der Waals surface area contributed by atoms with Gasteiger partial charge in [0.25, 0.3) is 5.91 Å². The predicted molar refractivity (Wildman–Crippen MR) is 102 cm³/mol. The molecule has 0 unspecified atom stereocenters. The molecule has 0 aliphatic rings. The van der Waals surface area contributed by atoms with Gasteiger partial charge in [-0.1, -0.05) is 17.7 Å². The van der Waals surface area contributed by atoms with Crippen molar-refractivity contribution >= 4 is 15.7 Å². The van der Waals surface area contributed by atoms with Gasteiger partial charge >= 0.3 is 0 Å². The Labute approximate surface area is 155 Å². The number of carbonyl (C=O) groups is 1. The van der Waals surface area contributed by atoms with Crippen molar-refractivity contribution in [3.05, 3.63) is 59.7 Å². The Kier molecular flexibility index (Phi) is 6.42. The lowest BCUT2D eigenvalue weighted by Crippen LogP contribution is -2.30. The van der Waals surface area contributed by atoms with Gasteiger partial charge < -0.3 is 9.64 Å². The molecular formula is C20H25NO4S. The fourth-order valence-electron chi connectivity index (χ4n) is 2.32. The number of ether oxygens (including phenoxy) is 1. The third-order valence-electron chi connectivity index (χ3n) is 4.11. The number of nitrogens with zero attached hydrogens (tertiary/aromatic N) is 1. The fraction of sp³-hybridized carbons (Fsp3) is 0.350. The number of benzene rings is 2. The van der Waals surface area contributed by atoms with Crippen molar-refractivity contribution in [2.75, 3.05) is 20.2 Å². The molecule has 0 heterocycles. The van der Waals surface area contributed by atoms with Gasteiger partial charge in [0.2, 0.25) is 0 Å². The summed E-state index contributed by atoms with van der Waals surface area (Å²) in [7, 11) is -1.64. The third-order valence-corrected chi connectivity index (χ3v) is 6.28. The van der Waals surface area contributed by atoms with E-state index in [1.807, 2.05) is 31.2 Å². The van der Waals surface area contributed by atoms with E-state index in [1.165, 1.54) is 12.1 Å². The van der Waals surface area contributed by atoms with Gasteiger partial charge in [-0.15, -0.1) is 0 Å². The minimum Gasteiger partial charge on any atom is -0.492 e. The van der Waals surface area contributed by atoms with Crippen molar-refractivity contribution in [3.63, 3.8) is 0 Å². The highest BCUT2D eigenvalue weighted by atomic mass is 32.2. The highest BCUT2D eigenvalue weighted by Crippen LogP contribution is 2.17. The van der Waals surface area contributed by atoms with E-state index in [2.05, 4.69) is 0 Å². The van der Waals surface area contributed by atoms with Crippen LogP contribution in [-0.4, -0.2) is 44.7 Å². The Morgan fingerprint density at radius 3 is 2.15 bits per heavy atom. The van der Waals surface area contributed by atoms with Crippen molar-refractivity contribution in [1.82, 2.24) is 4.90 Å². The maximum atomic E-state index is 12.4. The lowest BCUT2D eigenvalue weighted by atomic mass is 10.2. The lowest BCUT2D eigenvalue weighted by molar-refractivity contribution is 0.0773. The van der Waals surface area contributed by atoms with Gasteiger partial charge in [-0.3, -0.25) is 4.79 Å². The molecule has 26 heavy (non-hydrogen) atoms. The van der Waals surface area contributed by atoms with E-state index < -0.39 is 15.1 Å². The molecule has 140 valence electrons. The van der Waals surface area contributed by atoms with Crippen LogP contribution in [0.3, 0.4) is 0 Å². The van der Waals surface area contributed by atoms with Crippen LogP contribution >= 0.6 is 0 Å². The summed E-state index contributed by atoms with van der Waals surface area (Å²) in [6.45, 7) is 6.09. The van der Waals surface area contributed by atoms with Crippen LogP contribution in [0.15, 0.2) is 53.4 Å². The number of amides is 1. The van der Waals surface area contributed by atoms with E-state index in [0.717, 1.165) is 11.3 Å². The average Bonchev–Trinajstić information content (AvgIpc) is 2.62. The molecule has 6 heteroatoms. The Hall–Kier alpha value is -2.34. The summed E-state index contributed by atoms with van der Waals surface area (Å²) >= 11 is 0. The average molecular weight is 375 g/mol. The Bertz CT molecular complexity index is 840. The Morgan fingerprint density at radius 1 is 1.04 bits per heavy atom. The van der Waals surface area contributed by atoms with Crippen LogP contribution in [0.2, 0.25) is 0 Å². The molecule has 0 aromatic heterocycles. The second-order valence-electron chi connectivity index (χ2n) is 6.51.